The van der Waals surface area contributed by atoms with Gasteiger partial charge in [0.25, 0.3) is 0 Å². The predicted molar refractivity (Wildman–Crippen MR) is 97.6 cm³/mol. The summed E-state index contributed by atoms with van der Waals surface area (Å²) in [4.78, 5) is 0. The molecule has 6 N–H and O–H groups in total. The number of benzene rings is 1. The molecular formula is C19H26O10. The molecule has 0 bridgehead atoms. The zero-order valence-corrected chi connectivity index (χ0v) is 15.5. The van der Waals surface area contributed by atoms with Crippen LogP contribution >= 0.6 is 0 Å². The van der Waals surface area contributed by atoms with Crippen molar-refractivity contribution < 1.29 is 49.6 Å². The summed E-state index contributed by atoms with van der Waals surface area (Å²) in [7, 11) is 0. The summed E-state index contributed by atoms with van der Waals surface area (Å²) in [6.07, 6.45) is -10.8. The van der Waals surface area contributed by atoms with Gasteiger partial charge in [0, 0.05) is 0 Å². The molecule has 2 aliphatic rings. The van der Waals surface area contributed by atoms with Crippen LogP contribution in [0.25, 0.3) is 6.08 Å². The highest BCUT2D eigenvalue weighted by atomic mass is 16.7. The van der Waals surface area contributed by atoms with E-state index in [0.29, 0.717) is 5.75 Å². The molecule has 0 saturated carbocycles. The summed E-state index contributed by atoms with van der Waals surface area (Å²) in [5.74, 6) is 0.367. The smallest absolute Gasteiger partial charge is 0.229 e. The second-order valence-corrected chi connectivity index (χ2v) is 6.99. The summed E-state index contributed by atoms with van der Waals surface area (Å²) < 4.78 is 21.6. The molecule has 3 rings (SSSR count). The summed E-state index contributed by atoms with van der Waals surface area (Å²) >= 11 is 0. The van der Waals surface area contributed by atoms with Crippen molar-refractivity contribution in [3.8, 4) is 5.75 Å². The molecule has 29 heavy (non-hydrogen) atoms. The lowest BCUT2D eigenvalue weighted by Gasteiger charge is -2.41. The van der Waals surface area contributed by atoms with Gasteiger partial charge >= 0.3 is 0 Å². The third kappa shape index (κ3) is 4.94. The molecule has 2 saturated heterocycles. The van der Waals surface area contributed by atoms with E-state index < -0.39 is 55.3 Å². The van der Waals surface area contributed by atoms with Gasteiger partial charge in [0.05, 0.1) is 13.2 Å². The van der Waals surface area contributed by atoms with Gasteiger partial charge in [-0.05, 0) is 17.7 Å². The lowest BCUT2D eigenvalue weighted by molar-refractivity contribution is -0.307. The molecule has 0 aliphatic carbocycles. The SMILES string of the molecule is C=Cc1ccc(O[C@@H]2O[C@H](CO[C@H]3OC[C@@H](O)[C@H](O)[C@H]3O)[C@H](O)[C@H](O)[C@H]2O)cc1. The fourth-order valence-electron chi connectivity index (χ4n) is 3.08. The van der Waals surface area contributed by atoms with Gasteiger partial charge in [-0.3, -0.25) is 0 Å². The highest BCUT2D eigenvalue weighted by molar-refractivity contribution is 5.48. The Morgan fingerprint density at radius 2 is 1.55 bits per heavy atom. The van der Waals surface area contributed by atoms with Crippen molar-refractivity contribution in [2.45, 2.75) is 55.3 Å². The highest BCUT2D eigenvalue weighted by Crippen LogP contribution is 2.26. The van der Waals surface area contributed by atoms with Crippen molar-refractivity contribution >= 4 is 6.08 Å². The van der Waals surface area contributed by atoms with Crippen LogP contribution in [0.15, 0.2) is 30.8 Å². The monoisotopic (exact) mass is 414 g/mol. The number of ether oxygens (including phenoxy) is 4. The number of aliphatic hydroxyl groups excluding tert-OH is 6. The molecule has 0 unspecified atom stereocenters. The summed E-state index contributed by atoms with van der Waals surface area (Å²) in [6.45, 7) is 3.06. The van der Waals surface area contributed by atoms with Gasteiger partial charge in [-0.1, -0.05) is 24.8 Å². The minimum atomic E-state index is -1.57. The van der Waals surface area contributed by atoms with Crippen molar-refractivity contribution in [1.82, 2.24) is 0 Å². The van der Waals surface area contributed by atoms with Crippen LogP contribution in [0.1, 0.15) is 5.56 Å². The molecule has 2 fully saturated rings. The molecule has 10 heteroatoms. The summed E-state index contributed by atoms with van der Waals surface area (Å²) in [5, 5.41) is 59.5. The first-order chi connectivity index (χ1) is 13.8. The topological polar surface area (TPSA) is 158 Å². The number of rotatable bonds is 6. The molecule has 2 heterocycles. The Balaban J connectivity index is 1.61. The van der Waals surface area contributed by atoms with E-state index in [4.69, 9.17) is 18.9 Å². The maximum Gasteiger partial charge on any atom is 0.229 e. The molecule has 0 amide bonds. The molecule has 9 atom stereocenters. The van der Waals surface area contributed by atoms with Gasteiger partial charge in [0.15, 0.2) is 6.29 Å². The van der Waals surface area contributed by atoms with Crippen LogP contribution in [-0.2, 0) is 14.2 Å². The molecule has 0 spiro atoms. The zero-order chi connectivity index (χ0) is 21.1. The van der Waals surface area contributed by atoms with Crippen molar-refractivity contribution in [3.05, 3.63) is 36.4 Å². The second-order valence-electron chi connectivity index (χ2n) is 6.99. The van der Waals surface area contributed by atoms with Crippen LogP contribution in [0, 0.1) is 0 Å². The number of aliphatic hydroxyl groups is 6. The lowest BCUT2D eigenvalue weighted by atomic mass is 9.99. The average Bonchev–Trinajstić information content (AvgIpc) is 2.73. The normalized spacial score (nSPS) is 40.4. The molecular weight excluding hydrogens is 388 g/mol. The fourth-order valence-corrected chi connectivity index (χ4v) is 3.08. The van der Waals surface area contributed by atoms with E-state index in [9.17, 15) is 30.6 Å². The van der Waals surface area contributed by atoms with E-state index in [-0.39, 0.29) is 13.2 Å². The Morgan fingerprint density at radius 3 is 2.21 bits per heavy atom. The molecule has 2 aliphatic heterocycles. The van der Waals surface area contributed by atoms with Crippen LogP contribution in [0.3, 0.4) is 0 Å². The average molecular weight is 414 g/mol. The van der Waals surface area contributed by atoms with E-state index in [1.807, 2.05) is 0 Å². The molecule has 10 nitrogen and oxygen atoms in total. The van der Waals surface area contributed by atoms with Crippen LogP contribution < -0.4 is 4.74 Å². The van der Waals surface area contributed by atoms with Gasteiger partial charge in [0.2, 0.25) is 6.29 Å². The Kier molecular flexibility index (Phi) is 7.22. The fraction of sp³-hybridized carbons (Fsp3) is 0.579. The van der Waals surface area contributed by atoms with Crippen LogP contribution in [0.2, 0.25) is 0 Å². The van der Waals surface area contributed by atoms with E-state index in [0.717, 1.165) is 5.56 Å². The molecule has 0 aromatic heterocycles. The van der Waals surface area contributed by atoms with Crippen molar-refractivity contribution in [2.75, 3.05) is 13.2 Å². The highest BCUT2D eigenvalue weighted by Gasteiger charge is 2.46. The third-order valence-electron chi connectivity index (χ3n) is 4.92. The van der Waals surface area contributed by atoms with Gasteiger partial charge in [0.1, 0.15) is 48.5 Å². The molecule has 1 aromatic carbocycles. The van der Waals surface area contributed by atoms with Crippen LogP contribution in [0.4, 0.5) is 0 Å². The van der Waals surface area contributed by atoms with Crippen LogP contribution in [0.5, 0.6) is 5.75 Å². The van der Waals surface area contributed by atoms with Crippen molar-refractivity contribution in [3.63, 3.8) is 0 Å². The largest absolute Gasteiger partial charge is 0.462 e. The van der Waals surface area contributed by atoms with Crippen molar-refractivity contribution in [2.24, 2.45) is 0 Å². The van der Waals surface area contributed by atoms with E-state index in [2.05, 4.69) is 6.58 Å². The number of hydrogen-bond acceptors (Lipinski definition) is 10. The third-order valence-corrected chi connectivity index (χ3v) is 4.92. The summed E-state index contributed by atoms with van der Waals surface area (Å²) in [6, 6.07) is 6.75. The quantitative estimate of drug-likeness (QED) is 0.307. The van der Waals surface area contributed by atoms with E-state index in [1.165, 1.54) is 0 Å². The lowest BCUT2D eigenvalue weighted by Crippen LogP contribution is -2.61. The van der Waals surface area contributed by atoms with E-state index in [1.54, 1.807) is 30.3 Å². The first kappa shape index (κ1) is 22.1. The Hall–Kier alpha value is -1.60. The zero-order valence-electron chi connectivity index (χ0n) is 15.5. The number of hydrogen-bond donors (Lipinski definition) is 6. The predicted octanol–water partition coefficient (Wildman–Crippen LogP) is -2.03. The molecule has 0 radical (unpaired) electrons. The molecule has 1 aromatic rings. The standard InChI is InChI=1S/C19H26O10/c1-2-9-3-5-10(6-4-9)28-19-17(25)15(23)14(22)12(29-19)8-27-18-16(24)13(21)11(20)7-26-18/h2-6,11-25H,1,7-8H2/t11-,12-,13+,14+,15+,16-,17-,18-,19-/m1/s1. The second kappa shape index (κ2) is 9.47. The Labute approximate surface area is 167 Å². The Bertz CT molecular complexity index is 667. The van der Waals surface area contributed by atoms with Gasteiger partial charge in [-0.2, -0.15) is 0 Å². The first-order valence-corrected chi connectivity index (χ1v) is 9.18. The Morgan fingerprint density at radius 1 is 0.897 bits per heavy atom. The molecule has 162 valence electrons. The maximum absolute atomic E-state index is 10.2. The van der Waals surface area contributed by atoms with Crippen molar-refractivity contribution in [1.29, 1.82) is 0 Å². The van der Waals surface area contributed by atoms with E-state index >= 15 is 0 Å². The van der Waals surface area contributed by atoms with Gasteiger partial charge < -0.3 is 49.6 Å². The van der Waals surface area contributed by atoms with Crippen LogP contribution in [-0.4, -0.2) is 99.2 Å². The minimum absolute atomic E-state index is 0.245. The van der Waals surface area contributed by atoms with Gasteiger partial charge in [-0.15, -0.1) is 0 Å². The first-order valence-electron chi connectivity index (χ1n) is 9.18. The summed E-state index contributed by atoms with van der Waals surface area (Å²) in [5.41, 5.74) is 0.863. The maximum atomic E-state index is 10.2. The van der Waals surface area contributed by atoms with Gasteiger partial charge in [-0.25, -0.2) is 0 Å². The minimum Gasteiger partial charge on any atom is -0.462 e.